The number of para-hydroxylation sites is 1. The maximum absolute atomic E-state index is 12.4. The van der Waals surface area contributed by atoms with Gasteiger partial charge >= 0.3 is 0 Å². The SMILES string of the molecule is O=C(CCS[C@@H]1CCc2ccccc2NC1=O)NC1Cc2ccccc2C1. The van der Waals surface area contributed by atoms with E-state index in [4.69, 9.17) is 0 Å². The number of carbonyl (C=O) groups is 2. The minimum Gasteiger partial charge on any atom is -0.353 e. The lowest BCUT2D eigenvalue weighted by atomic mass is 10.1. The van der Waals surface area contributed by atoms with Crippen LogP contribution in [0.2, 0.25) is 0 Å². The number of carbonyl (C=O) groups excluding carboxylic acids is 2. The van der Waals surface area contributed by atoms with E-state index in [1.54, 1.807) is 11.8 Å². The average molecular weight is 381 g/mol. The van der Waals surface area contributed by atoms with Crippen LogP contribution in [0, 0.1) is 0 Å². The molecule has 5 heteroatoms. The summed E-state index contributed by atoms with van der Waals surface area (Å²) in [6.07, 6.45) is 3.98. The lowest BCUT2D eigenvalue weighted by Gasteiger charge is -2.14. The summed E-state index contributed by atoms with van der Waals surface area (Å²) in [5, 5.41) is 6.07. The molecule has 0 spiro atoms. The van der Waals surface area contributed by atoms with Crippen molar-refractivity contribution in [3.63, 3.8) is 0 Å². The Labute approximate surface area is 164 Å². The molecule has 0 bridgehead atoms. The molecule has 0 radical (unpaired) electrons. The third kappa shape index (κ3) is 4.35. The highest BCUT2D eigenvalue weighted by atomic mass is 32.2. The molecule has 1 aliphatic heterocycles. The summed E-state index contributed by atoms with van der Waals surface area (Å²) < 4.78 is 0. The fraction of sp³-hybridized carbons (Fsp3) is 0.364. The fourth-order valence-corrected chi connectivity index (χ4v) is 4.99. The highest BCUT2D eigenvalue weighted by molar-refractivity contribution is 8.00. The summed E-state index contributed by atoms with van der Waals surface area (Å²) in [7, 11) is 0. The Morgan fingerprint density at radius 3 is 2.44 bits per heavy atom. The summed E-state index contributed by atoms with van der Waals surface area (Å²) in [6.45, 7) is 0. The van der Waals surface area contributed by atoms with Crippen LogP contribution in [0.1, 0.15) is 29.5 Å². The highest BCUT2D eigenvalue weighted by Crippen LogP contribution is 2.27. The number of rotatable bonds is 5. The van der Waals surface area contributed by atoms with Crippen LogP contribution < -0.4 is 10.6 Å². The van der Waals surface area contributed by atoms with Gasteiger partial charge in [-0.1, -0.05) is 42.5 Å². The largest absolute Gasteiger partial charge is 0.353 e. The van der Waals surface area contributed by atoms with Gasteiger partial charge in [-0.05, 0) is 48.4 Å². The van der Waals surface area contributed by atoms with Crippen LogP contribution in [0.5, 0.6) is 0 Å². The second-order valence-electron chi connectivity index (χ2n) is 7.24. The van der Waals surface area contributed by atoms with Crippen molar-refractivity contribution in [1.82, 2.24) is 5.32 Å². The van der Waals surface area contributed by atoms with Crippen LogP contribution in [-0.4, -0.2) is 28.9 Å². The van der Waals surface area contributed by atoms with Gasteiger partial charge in [0.1, 0.15) is 0 Å². The minimum atomic E-state index is -0.0964. The summed E-state index contributed by atoms with van der Waals surface area (Å²) in [6, 6.07) is 16.5. The van der Waals surface area contributed by atoms with Crippen molar-refractivity contribution >= 4 is 29.3 Å². The monoisotopic (exact) mass is 380 g/mol. The van der Waals surface area contributed by atoms with E-state index in [1.165, 1.54) is 16.7 Å². The Balaban J connectivity index is 1.22. The molecule has 4 nitrogen and oxygen atoms in total. The number of fused-ring (bicyclic) bond motifs is 2. The Hall–Kier alpha value is -2.27. The maximum atomic E-state index is 12.4. The third-order valence-corrected chi connectivity index (χ3v) is 6.60. The van der Waals surface area contributed by atoms with E-state index in [0.29, 0.717) is 12.2 Å². The van der Waals surface area contributed by atoms with Crippen LogP contribution in [0.15, 0.2) is 48.5 Å². The second kappa shape index (κ2) is 8.17. The quantitative estimate of drug-likeness (QED) is 0.836. The van der Waals surface area contributed by atoms with E-state index in [-0.39, 0.29) is 23.1 Å². The van der Waals surface area contributed by atoms with Crippen molar-refractivity contribution in [2.75, 3.05) is 11.1 Å². The van der Waals surface area contributed by atoms with Gasteiger partial charge in [0.15, 0.2) is 0 Å². The number of benzene rings is 2. The van der Waals surface area contributed by atoms with Crippen LogP contribution >= 0.6 is 11.8 Å². The van der Waals surface area contributed by atoms with Crippen molar-refractivity contribution in [3.05, 3.63) is 65.2 Å². The molecule has 0 saturated carbocycles. The summed E-state index contributed by atoms with van der Waals surface area (Å²) in [5.41, 5.74) is 4.79. The second-order valence-corrected chi connectivity index (χ2v) is 8.55. The van der Waals surface area contributed by atoms with Gasteiger partial charge in [0.25, 0.3) is 0 Å². The number of nitrogens with one attached hydrogen (secondary N) is 2. The molecule has 140 valence electrons. The predicted molar refractivity (Wildman–Crippen MR) is 110 cm³/mol. The maximum Gasteiger partial charge on any atom is 0.237 e. The van der Waals surface area contributed by atoms with E-state index >= 15 is 0 Å². The van der Waals surface area contributed by atoms with Crippen molar-refractivity contribution in [3.8, 4) is 0 Å². The lowest BCUT2D eigenvalue weighted by molar-refractivity contribution is -0.121. The molecule has 0 aromatic heterocycles. The van der Waals surface area contributed by atoms with Crippen molar-refractivity contribution in [2.45, 2.75) is 43.4 Å². The molecule has 2 aromatic carbocycles. The van der Waals surface area contributed by atoms with Gasteiger partial charge in [0.05, 0.1) is 5.25 Å². The van der Waals surface area contributed by atoms with Gasteiger partial charge in [-0.15, -0.1) is 11.8 Å². The van der Waals surface area contributed by atoms with Gasteiger partial charge in [0.2, 0.25) is 11.8 Å². The number of hydrogen-bond donors (Lipinski definition) is 2. The molecule has 2 aliphatic rings. The van der Waals surface area contributed by atoms with Gasteiger partial charge in [-0.2, -0.15) is 0 Å². The zero-order chi connectivity index (χ0) is 18.6. The van der Waals surface area contributed by atoms with E-state index in [9.17, 15) is 9.59 Å². The molecule has 4 rings (SSSR count). The topological polar surface area (TPSA) is 58.2 Å². The van der Waals surface area contributed by atoms with Crippen molar-refractivity contribution in [2.24, 2.45) is 0 Å². The first-order chi connectivity index (χ1) is 13.2. The Kier molecular flexibility index (Phi) is 5.48. The molecule has 0 saturated heterocycles. The molecule has 2 amide bonds. The van der Waals surface area contributed by atoms with E-state index in [0.717, 1.165) is 31.4 Å². The molecule has 1 heterocycles. The van der Waals surface area contributed by atoms with Crippen LogP contribution in [0.25, 0.3) is 0 Å². The number of amides is 2. The summed E-state index contributed by atoms with van der Waals surface area (Å²) >= 11 is 1.59. The first kappa shape index (κ1) is 18.1. The standard InChI is InChI=1S/C22H24N2O2S/c25-21(23-18-13-16-6-1-2-7-17(16)14-18)11-12-27-20-10-9-15-5-3-4-8-19(15)24-22(20)26/h1-8,18,20H,9-14H2,(H,23,25)(H,24,26)/t20-/m1/s1. The number of aryl methyl sites for hydroxylation is 1. The molecule has 2 aromatic rings. The predicted octanol–water partition coefficient (Wildman–Crippen LogP) is 3.35. The first-order valence-corrected chi connectivity index (χ1v) is 10.6. The number of anilines is 1. The lowest BCUT2D eigenvalue weighted by Crippen LogP contribution is -2.35. The molecule has 0 fully saturated rings. The summed E-state index contributed by atoms with van der Waals surface area (Å²) in [5.74, 6) is 0.800. The van der Waals surface area contributed by atoms with Crippen LogP contribution in [0.3, 0.4) is 0 Å². The Bertz CT molecular complexity index is 827. The fourth-order valence-electron chi connectivity index (χ4n) is 3.90. The van der Waals surface area contributed by atoms with E-state index < -0.39 is 0 Å². The molecule has 1 atom stereocenters. The zero-order valence-electron chi connectivity index (χ0n) is 15.2. The smallest absolute Gasteiger partial charge is 0.237 e. The molecule has 2 N–H and O–H groups in total. The van der Waals surface area contributed by atoms with Crippen molar-refractivity contribution in [1.29, 1.82) is 0 Å². The van der Waals surface area contributed by atoms with Gasteiger partial charge in [-0.3, -0.25) is 9.59 Å². The molecule has 27 heavy (non-hydrogen) atoms. The van der Waals surface area contributed by atoms with Crippen LogP contribution in [-0.2, 0) is 28.9 Å². The summed E-state index contributed by atoms with van der Waals surface area (Å²) in [4.78, 5) is 24.7. The normalized spacial score (nSPS) is 19.0. The van der Waals surface area contributed by atoms with Crippen molar-refractivity contribution < 1.29 is 9.59 Å². The molecule has 0 unspecified atom stereocenters. The first-order valence-electron chi connectivity index (χ1n) is 9.55. The van der Waals surface area contributed by atoms with Gasteiger partial charge < -0.3 is 10.6 Å². The Morgan fingerprint density at radius 1 is 1.04 bits per heavy atom. The third-order valence-electron chi connectivity index (χ3n) is 5.31. The Morgan fingerprint density at radius 2 is 1.70 bits per heavy atom. The minimum absolute atomic E-state index is 0.0524. The molecular weight excluding hydrogens is 356 g/mol. The molecular formula is C22H24N2O2S. The number of hydrogen-bond acceptors (Lipinski definition) is 3. The highest BCUT2D eigenvalue weighted by Gasteiger charge is 2.25. The van der Waals surface area contributed by atoms with Gasteiger partial charge in [-0.25, -0.2) is 0 Å². The van der Waals surface area contributed by atoms with E-state index in [1.807, 2.05) is 18.2 Å². The average Bonchev–Trinajstić information content (AvgIpc) is 2.99. The molecule has 1 aliphatic carbocycles. The van der Waals surface area contributed by atoms with E-state index in [2.05, 4.69) is 41.0 Å². The number of thioether (sulfide) groups is 1. The van der Waals surface area contributed by atoms with Gasteiger partial charge in [0, 0.05) is 23.9 Å². The van der Waals surface area contributed by atoms with Crippen LogP contribution in [0.4, 0.5) is 5.69 Å². The zero-order valence-corrected chi connectivity index (χ0v) is 16.1.